The van der Waals surface area contributed by atoms with Crippen LogP contribution in [0.2, 0.25) is 0 Å². The monoisotopic (exact) mass is 435 g/mol. The van der Waals surface area contributed by atoms with Gasteiger partial charge < -0.3 is 9.47 Å². The topological polar surface area (TPSA) is 18.5 Å². The van der Waals surface area contributed by atoms with Crippen molar-refractivity contribution in [3.63, 3.8) is 0 Å². The van der Waals surface area contributed by atoms with E-state index in [9.17, 15) is 0 Å². The summed E-state index contributed by atoms with van der Waals surface area (Å²) in [7, 11) is 2.17. The zero-order chi connectivity index (χ0) is 21.3. The van der Waals surface area contributed by atoms with Gasteiger partial charge in [0.2, 0.25) is 0 Å². The van der Waals surface area contributed by atoms with Crippen LogP contribution in [0, 0.1) is 0 Å². The number of unbranched alkanes of at least 4 members (excludes halogenated alkanes) is 9. The van der Waals surface area contributed by atoms with E-state index in [4.69, 9.17) is 9.47 Å². The second kappa shape index (κ2) is 17.0. The maximum absolute atomic E-state index is 5.83. The first-order valence-corrected chi connectivity index (χ1v) is 14.3. The second-order valence-corrected chi connectivity index (χ2v) is 11.2. The summed E-state index contributed by atoms with van der Waals surface area (Å²) in [6.45, 7) is 3.32. The van der Waals surface area contributed by atoms with Gasteiger partial charge in [-0.3, -0.25) is 0 Å². The summed E-state index contributed by atoms with van der Waals surface area (Å²) in [4.78, 5) is 1.52. The van der Waals surface area contributed by atoms with E-state index in [0.717, 1.165) is 12.4 Å². The highest BCUT2D eigenvalue weighted by Crippen LogP contribution is 2.22. The summed E-state index contributed by atoms with van der Waals surface area (Å²) >= 11 is 0. The van der Waals surface area contributed by atoms with Crippen molar-refractivity contribution in [1.82, 2.24) is 0 Å². The molecule has 1 aromatic carbocycles. The normalized spacial score (nSPS) is 17.7. The lowest BCUT2D eigenvalue weighted by Crippen LogP contribution is -2.18. The first kappa shape index (κ1) is 25.6. The van der Waals surface area contributed by atoms with Crippen molar-refractivity contribution in [3.8, 4) is 5.75 Å². The highest BCUT2D eigenvalue weighted by Gasteiger charge is 2.20. The third-order valence-corrected chi connectivity index (χ3v) is 8.91. The Hall–Kier alpha value is -0.670. The van der Waals surface area contributed by atoms with Crippen LogP contribution in [0.1, 0.15) is 103 Å². The molecule has 1 aromatic rings. The second-order valence-electron chi connectivity index (χ2n) is 8.89. The minimum atomic E-state index is 0.422. The van der Waals surface area contributed by atoms with Gasteiger partial charge in [-0.25, -0.2) is 0 Å². The van der Waals surface area contributed by atoms with Gasteiger partial charge in [0.25, 0.3) is 0 Å². The first-order valence-electron chi connectivity index (χ1n) is 12.8. The van der Waals surface area contributed by atoms with Crippen molar-refractivity contribution in [2.45, 2.75) is 114 Å². The minimum Gasteiger partial charge on any atom is -0.497 e. The van der Waals surface area contributed by atoms with Crippen LogP contribution in [0.25, 0.3) is 0 Å². The third-order valence-electron chi connectivity index (χ3n) is 6.28. The van der Waals surface area contributed by atoms with E-state index in [0.29, 0.717) is 17.0 Å². The first-order chi connectivity index (χ1) is 14.8. The zero-order valence-corrected chi connectivity index (χ0v) is 20.7. The van der Waals surface area contributed by atoms with Crippen molar-refractivity contribution >= 4 is 10.9 Å². The molecule has 0 saturated carbocycles. The van der Waals surface area contributed by atoms with Gasteiger partial charge in [0.1, 0.15) is 17.3 Å². The molecule has 2 rings (SSSR count). The van der Waals surface area contributed by atoms with Crippen molar-refractivity contribution < 1.29 is 9.47 Å². The molecular formula is C27H47O2S+. The van der Waals surface area contributed by atoms with Crippen LogP contribution in [0.5, 0.6) is 5.75 Å². The number of methoxy groups -OCH3 is 1. The minimum absolute atomic E-state index is 0.422. The molecule has 0 N–H and O–H groups in total. The van der Waals surface area contributed by atoms with Gasteiger partial charge >= 0.3 is 0 Å². The fourth-order valence-electron chi connectivity index (χ4n) is 4.45. The number of benzene rings is 1. The van der Waals surface area contributed by atoms with E-state index in [1.54, 1.807) is 7.11 Å². The lowest BCUT2D eigenvalue weighted by atomic mass is 10.0. The van der Waals surface area contributed by atoms with Crippen LogP contribution in [0.15, 0.2) is 29.2 Å². The van der Waals surface area contributed by atoms with Crippen molar-refractivity contribution in [3.05, 3.63) is 24.3 Å². The Kier molecular flexibility index (Phi) is 14.5. The zero-order valence-electron chi connectivity index (χ0n) is 19.8. The summed E-state index contributed by atoms with van der Waals surface area (Å²) in [5.74, 6) is 3.67. The van der Waals surface area contributed by atoms with Crippen LogP contribution in [-0.4, -0.2) is 31.3 Å². The molecule has 2 unspecified atom stereocenters. The molecule has 1 aliphatic heterocycles. The molecule has 0 bridgehead atoms. The Labute approximate surface area is 189 Å². The van der Waals surface area contributed by atoms with E-state index in [-0.39, 0.29) is 0 Å². The smallest absolute Gasteiger partial charge is 0.155 e. The Morgan fingerprint density at radius 3 is 2.03 bits per heavy atom. The maximum Gasteiger partial charge on any atom is 0.155 e. The van der Waals surface area contributed by atoms with E-state index in [2.05, 4.69) is 31.2 Å². The number of hydrogen-bond acceptors (Lipinski definition) is 2. The van der Waals surface area contributed by atoms with Gasteiger partial charge in [-0.1, -0.05) is 58.3 Å². The highest BCUT2D eigenvalue weighted by atomic mass is 32.2. The van der Waals surface area contributed by atoms with E-state index >= 15 is 0 Å². The number of hydrogen-bond donors (Lipinski definition) is 0. The number of rotatable bonds is 17. The Morgan fingerprint density at radius 2 is 1.47 bits per heavy atom. The summed E-state index contributed by atoms with van der Waals surface area (Å²) in [5, 5.41) is 0. The van der Waals surface area contributed by atoms with Gasteiger partial charge in [0, 0.05) is 17.5 Å². The molecule has 3 heteroatoms. The lowest BCUT2D eigenvalue weighted by Gasteiger charge is -2.22. The molecular weight excluding hydrogens is 388 g/mol. The molecule has 0 spiro atoms. The van der Waals surface area contributed by atoms with E-state index in [1.165, 1.54) is 113 Å². The molecule has 1 heterocycles. The largest absolute Gasteiger partial charge is 0.497 e. The molecule has 2 nitrogen and oxygen atoms in total. The molecule has 0 amide bonds. The molecule has 30 heavy (non-hydrogen) atoms. The molecule has 0 radical (unpaired) electrons. The van der Waals surface area contributed by atoms with Crippen LogP contribution in [0.3, 0.4) is 0 Å². The molecule has 2 atom stereocenters. The SMILES string of the molecule is CCC[S+](CCCCCCCCCCCCC1CCCCO1)c1ccc(OC)cc1. The average molecular weight is 436 g/mol. The fraction of sp³-hybridized carbons (Fsp3) is 0.778. The Morgan fingerprint density at radius 1 is 0.833 bits per heavy atom. The molecule has 0 aromatic heterocycles. The molecule has 1 saturated heterocycles. The van der Waals surface area contributed by atoms with Crippen LogP contribution in [-0.2, 0) is 15.6 Å². The van der Waals surface area contributed by atoms with Gasteiger partial charge in [-0.05, 0) is 69.2 Å². The fourth-order valence-corrected chi connectivity index (χ4v) is 6.69. The summed E-state index contributed by atoms with van der Waals surface area (Å²) < 4.78 is 11.1. The maximum atomic E-state index is 5.83. The van der Waals surface area contributed by atoms with E-state index in [1.807, 2.05) is 0 Å². The van der Waals surface area contributed by atoms with Crippen LogP contribution in [0.4, 0.5) is 0 Å². The molecule has 172 valence electrons. The van der Waals surface area contributed by atoms with Gasteiger partial charge in [-0.15, -0.1) is 0 Å². The summed E-state index contributed by atoms with van der Waals surface area (Å²) in [6.07, 6.45) is 21.3. The Bertz CT molecular complexity index is 510. The predicted octanol–water partition coefficient (Wildman–Crippen LogP) is 7.94. The van der Waals surface area contributed by atoms with Gasteiger partial charge in [0.05, 0.1) is 13.2 Å². The highest BCUT2D eigenvalue weighted by molar-refractivity contribution is 7.96. The van der Waals surface area contributed by atoms with Crippen LogP contribution >= 0.6 is 0 Å². The number of ether oxygens (including phenoxy) is 2. The van der Waals surface area contributed by atoms with Gasteiger partial charge in [0.15, 0.2) is 4.90 Å². The van der Waals surface area contributed by atoms with Crippen LogP contribution < -0.4 is 4.74 Å². The summed E-state index contributed by atoms with van der Waals surface area (Å²) in [5.41, 5.74) is 0. The molecule has 1 fully saturated rings. The van der Waals surface area contributed by atoms with Crippen molar-refractivity contribution in [2.24, 2.45) is 0 Å². The Balaban J connectivity index is 1.41. The van der Waals surface area contributed by atoms with Gasteiger partial charge in [-0.2, -0.15) is 0 Å². The molecule has 1 aliphatic rings. The quantitative estimate of drug-likeness (QED) is 0.183. The van der Waals surface area contributed by atoms with Crippen molar-refractivity contribution in [2.75, 3.05) is 25.2 Å². The van der Waals surface area contributed by atoms with E-state index < -0.39 is 0 Å². The summed E-state index contributed by atoms with van der Waals surface area (Å²) in [6, 6.07) is 8.79. The lowest BCUT2D eigenvalue weighted by molar-refractivity contribution is 0.00977. The standard InChI is InChI=1S/C27H47O2S/c1-3-23-30(27-20-18-25(28-2)19-21-27)24-15-11-9-7-5-4-6-8-10-12-16-26-17-13-14-22-29-26/h18-21,26H,3-17,22-24H2,1-2H3/q+1. The molecule has 0 aliphatic carbocycles. The predicted molar refractivity (Wildman–Crippen MR) is 133 cm³/mol. The van der Waals surface area contributed by atoms with Crippen molar-refractivity contribution in [1.29, 1.82) is 0 Å². The third kappa shape index (κ3) is 11.1. The average Bonchev–Trinajstić information content (AvgIpc) is 2.80.